The summed E-state index contributed by atoms with van der Waals surface area (Å²) in [6.07, 6.45) is 0. The Morgan fingerprint density at radius 3 is 2.40 bits per heavy atom. The van der Waals surface area contributed by atoms with Crippen LogP contribution in [0.15, 0.2) is 48.5 Å². The molecule has 0 aliphatic carbocycles. The van der Waals surface area contributed by atoms with Crippen molar-refractivity contribution in [2.24, 2.45) is 0 Å². The molecule has 0 atom stereocenters. The Bertz CT molecular complexity index is 783. The molecule has 6 nitrogen and oxygen atoms in total. The largest absolute Gasteiger partial charge is 0.506 e. The van der Waals surface area contributed by atoms with Crippen molar-refractivity contribution in [2.75, 3.05) is 36.4 Å². The van der Waals surface area contributed by atoms with Gasteiger partial charge < -0.3 is 20.2 Å². The standard InChI is InChI=1S/C19H21N3O3/c1-14-5-4-6-15(13-14)21-9-11-22(12-10-21)19(25)18(24)20-16-7-2-3-8-17(16)23/h2-8,13,23H,9-12H2,1H3,(H,20,24). The van der Waals surface area contributed by atoms with Crippen molar-refractivity contribution >= 4 is 23.2 Å². The Labute approximate surface area is 146 Å². The molecule has 0 aromatic heterocycles. The van der Waals surface area contributed by atoms with Crippen LogP contribution in [0.25, 0.3) is 0 Å². The van der Waals surface area contributed by atoms with Crippen LogP contribution in [0.2, 0.25) is 0 Å². The monoisotopic (exact) mass is 339 g/mol. The van der Waals surface area contributed by atoms with Crippen LogP contribution in [0, 0.1) is 6.92 Å². The number of anilines is 2. The average molecular weight is 339 g/mol. The van der Waals surface area contributed by atoms with Crippen LogP contribution >= 0.6 is 0 Å². The van der Waals surface area contributed by atoms with Crippen LogP contribution in [0.3, 0.4) is 0 Å². The first-order chi connectivity index (χ1) is 12.0. The molecule has 130 valence electrons. The highest BCUT2D eigenvalue weighted by atomic mass is 16.3. The third-order valence-corrected chi connectivity index (χ3v) is 4.28. The zero-order valence-electron chi connectivity index (χ0n) is 14.1. The summed E-state index contributed by atoms with van der Waals surface area (Å²) in [6, 6.07) is 14.6. The maximum atomic E-state index is 12.3. The lowest BCUT2D eigenvalue weighted by Crippen LogP contribution is -2.51. The van der Waals surface area contributed by atoms with Gasteiger partial charge in [0.15, 0.2) is 0 Å². The topological polar surface area (TPSA) is 72.9 Å². The number of carbonyl (C=O) groups is 2. The number of nitrogens with one attached hydrogen (secondary N) is 1. The summed E-state index contributed by atoms with van der Waals surface area (Å²) in [7, 11) is 0. The average Bonchev–Trinajstić information content (AvgIpc) is 2.63. The van der Waals surface area contributed by atoms with E-state index in [1.54, 1.807) is 23.1 Å². The molecule has 6 heteroatoms. The lowest BCUT2D eigenvalue weighted by molar-refractivity contribution is -0.143. The molecule has 0 saturated carbocycles. The highest BCUT2D eigenvalue weighted by Crippen LogP contribution is 2.22. The van der Waals surface area contributed by atoms with Crippen LogP contribution in [-0.2, 0) is 9.59 Å². The van der Waals surface area contributed by atoms with Gasteiger partial charge in [-0.3, -0.25) is 9.59 Å². The number of phenolic OH excluding ortho intramolecular Hbond substituents is 1. The predicted octanol–water partition coefficient (Wildman–Crippen LogP) is 1.99. The second-order valence-electron chi connectivity index (χ2n) is 6.09. The van der Waals surface area contributed by atoms with Gasteiger partial charge in [0, 0.05) is 31.9 Å². The molecule has 1 fully saturated rings. The fourth-order valence-corrected chi connectivity index (χ4v) is 2.89. The quantitative estimate of drug-likeness (QED) is 0.648. The maximum Gasteiger partial charge on any atom is 0.314 e. The second kappa shape index (κ2) is 7.25. The fraction of sp³-hybridized carbons (Fsp3) is 0.263. The Balaban J connectivity index is 1.58. The van der Waals surface area contributed by atoms with Gasteiger partial charge in [0.1, 0.15) is 5.75 Å². The van der Waals surface area contributed by atoms with Gasteiger partial charge in [0.2, 0.25) is 0 Å². The van der Waals surface area contributed by atoms with Crippen molar-refractivity contribution in [1.82, 2.24) is 4.90 Å². The van der Waals surface area contributed by atoms with Gasteiger partial charge in [0.05, 0.1) is 5.69 Å². The smallest absolute Gasteiger partial charge is 0.314 e. The zero-order chi connectivity index (χ0) is 17.8. The summed E-state index contributed by atoms with van der Waals surface area (Å²) in [5, 5.41) is 12.2. The molecule has 2 N–H and O–H groups in total. The summed E-state index contributed by atoms with van der Waals surface area (Å²) in [5.74, 6) is -1.37. The summed E-state index contributed by atoms with van der Waals surface area (Å²) in [6.45, 7) is 4.38. The van der Waals surface area contributed by atoms with Crippen LogP contribution < -0.4 is 10.2 Å². The number of rotatable bonds is 2. The minimum atomic E-state index is -0.731. The van der Waals surface area contributed by atoms with Crippen molar-refractivity contribution in [3.05, 3.63) is 54.1 Å². The molecular weight excluding hydrogens is 318 g/mol. The van der Waals surface area contributed by atoms with Crippen LogP contribution in [0.1, 0.15) is 5.56 Å². The van der Waals surface area contributed by atoms with E-state index in [0.717, 1.165) is 5.69 Å². The summed E-state index contributed by atoms with van der Waals surface area (Å²) >= 11 is 0. The molecule has 2 amide bonds. The first kappa shape index (κ1) is 16.8. The maximum absolute atomic E-state index is 12.3. The second-order valence-corrected chi connectivity index (χ2v) is 6.09. The number of benzene rings is 2. The van der Waals surface area contributed by atoms with Crippen molar-refractivity contribution in [2.45, 2.75) is 6.92 Å². The molecule has 1 aliphatic heterocycles. The van der Waals surface area contributed by atoms with E-state index < -0.39 is 11.8 Å². The van der Waals surface area contributed by atoms with E-state index in [2.05, 4.69) is 22.3 Å². The number of amides is 2. The molecule has 1 aliphatic rings. The van der Waals surface area contributed by atoms with Crippen LogP contribution in [0.4, 0.5) is 11.4 Å². The molecule has 2 aromatic carbocycles. The van der Waals surface area contributed by atoms with Gasteiger partial charge in [-0.05, 0) is 36.8 Å². The number of hydrogen-bond acceptors (Lipinski definition) is 4. The number of aryl methyl sites for hydroxylation is 1. The lowest BCUT2D eigenvalue weighted by atomic mass is 10.2. The number of para-hydroxylation sites is 2. The number of nitrogens with zero attached hydrogens (tertiary/aromatic N) is 2. The molecule has 1 saturated heterocycles. The molecule has 0 radical (unpaired) electrons. The Morgan fingerprint density at radius 2 is 1.72 bits per heavy atom. The minimum Gasteiger partial charge on any atom is -0.506 e. The van der Waals surface area contributed by atoms with Gasteiger partial charge in [-0.1, -0.05) is 24.3 Å². The Kier molecular flexibility index (Phi) is 4.88. The van der Waals surface area contributed by atoms with Gasteiger partial charge in [0.25, 0.3) is 0 Å². The van der Waals surface area contributed by atoms with Crippen molar-refractivity contribution in [1.29, 1.82) is 0 Å². The first-order valence-corrected chi connectivity index (χ1v) is 8.24. The van der Waals surface area contributed by atoms with Crippen molar-refractivity contribution in [3.63, 3.8) is 0 Å². The van der Waals surface area contributed by atoms with E-state index in [0.29, 0.717) is 26.2 Å². The van der Waals surface area contributed by atoms with Gasteiger partial charge in [-0.15, -0.1) is 0 Å². The summed E-state index contributed by atoms with van der Waals surface area (Å²) in [4.78, 5) is 28.2. The molecule has 0 unspecified atom stereocenters. The van der Waals surface area contributed by atoms with Crippen LogP contribution in [0.5, 0.6) is 5.75 Å². The third-order valence-electron chi connectivity index (χ3n) is 4.28. The molecule has 2 aromatic rings. The van der Waals surface area contributed by atoms with Gasteiger partial charge in [-0.2, -0.15) is 0 Å². The Hall–Kier alpha value is -3.02. The SMILES string of the molecule is Cc1cccc(N2CCN(C(=O)C(=O)Nc3ccccc3O)CC2)c1. The minimum absolute atomic E-state index is 0.0621. The van der Waals surface area contributed by atoms with Gasteiger partial charge >= 0.3 is 11.8 Å². The van der Waals surface area contributed by atoms with E-state index in [-0.39, 0.29) is 11.4 Å². The highest BCUT2D eigenvalue weighted by molar-refractivity contribution is 6.39. The van der Waals surface area contributed by atoms with E-state index in [4.69, 9.17) is 0 Å². The lowest BCUT2D eigenvalue weighted by Gasteiger charge is -2.35. The molecule has 0 spiro atoms. The molecule has 25 heavy (non-hydrogen) atoms. The number of piperazine rings is 1. The number of carbonyl (C=O) groups excluding carboxylic acids is 2. The number of phenols is 1. The van der Waals surface area contributed by atoms with E-state index >= 15 is 0 Å². The summed E-state index contributed by atoms with van der Waals surface area (Å²) < 4.78 is 0. The predicted molar refractivity (Wildman–Crippen MR) is 96.7 cm³/mol. The molecule has 1 heterocycles. The first-order valence-electron chi connectivity index (χ1n) is 8.24. The summed E-state index contributed by atoms with van der Waals surface area (Å²) in [5.41, 5.74) is 2.56. The highest BCUT2D eigenvalue weighted by Gasteiger charge is 2.26. The number of hydrogen-bond donors (Lipinski definition) is 2. The third kappa shape index (κ3) is 3.91. The normalized spacial score (nSPS) is 14.3. The van der Waals surface area contributed by atoms with Crippen LogP contribution in [-0.4, -0.2) is 48.0 Å². The van der Waals surface area contributed by atoms with Gasteiger partial charge in [-0.25, -0.2) is 0 Å². The molecular formula is C19H21N3O3. The zero-order valence-corrected chi connectivity index (χ0v) is 14.1. The van der Waals surface area contributed by atoms with Crippen molar-refractivity contribution in [3.8, 4) is 5.75 Å². The molecule has 0 bridgehead atoms. The van der Waals surface area contributed by atoms with E-state index in [9.17, 15) is 14.7 Å². The van der Waals surface area contributed by atoms with Crippen molar-refractivity contribution < 1.29 is 14.7 Å². The molecule has 3 rings (SSSR count). The van der Waals surface area contributed by atoms with E-state index in [1.165, 1.54) is 11.6 Å². The van der Waals surface area contributed by atoms with E-state index in [1.807, 2.05) is 19.1 Å². The fourth-order valence-electron chi connectivity index (χ4n) is 2.89. The number of aromatic hydroxyl groups is 1. The Morgan fingerprint density at radius 1 is 1.00 bits per heavy atom.